The minimum atomic E-state index is -0.198. The highest BCUT2D eigenvalue weighted by Crippen LogP contribution is 2.20. The van der Waals surface area contributed by atoms with E-state index < -0.39 is 0 Å². The van der Waals surface area contributed by atoms with Crippen molar-refractivity contribution in [3.05, 3.63) is 46.0 Å². The molecule has 0 bridgehead atoms. The van der Waals surface area contributed by atoms with Gasteiger partial charge < -0.3 is 9.88 Å². The molecule has 0 aliphatic rings. The van der Waals surface area contributed by atoms with Crippen LogP contribution in [0.25, 0.3) is 0 Å². The second-order valence-corrected chi connectivity index (χ2v) is 5.90. The van der Waals surface area contributed by atoms with E-state index in [1.165, 1.54) is 0 Å². The van der Waals surface area contributed by atoms with E-state index in [9.17, 15) is 4.79 Å². The Morgan fingerprint density at radius 2 is 2.14 bits per heavy atom. The number of hydrogen-bond donors (Lipinski definition) is 2. The first-order valence-corrected chi connectivity index (χ1v) is 7.29. The maximum atomic E-state index is 12.4. The van der Waals surface area contributed by atoms with Gasteiger partial charge in [-0.15, -0.1) is 0 Å². The van der Waals surface area contributed by atoms with Crippen LogP contribution in [-0.4, -0.2) is 20.7 Å². The van der Waals surface area contributed by atoms with Crippen molar-refractivity contribution in [2.24, 2.45) is 13.0 Å². The van der Waals surface area contributed by atoms with E-state index >= 15 is 0 Å². The standard InChI is InChI=1S/C15H20N4OS/c1-9(2)12(13-17-18-15(21)19(13)4)16-14(20)11-7-5-6-10(3)8-11/h5-9,12H,1-4H3,(H,16,20)(H,18,21)/t12-/m0/s1. The Kier molecular flexibility index (Phi) is 4.57. The zero-order valence-electron chi connectivity index (χ0n) is 12.7. The third-order valence-electron chi connectivity index (χ3n) is 3.43. The number of benzene rings is 1. The summed E-state index contributed by atoms with van der Waals surface area (Å²) in [6, 6.07) is 7.33. The van der Waals surface area contributed by atoms with E-state index in [-0.39, 0.29) is 17.9 Å². The topological polar surface area (TPSA) is 62.7 Å². The molecule has 1 heterocycles. The average molecular weight is 304 g/mol. The van der Waals surface area contributed by atoms with Crippen LogP contribution in [0.2, 0.25) is 0 Å². The maximum Gasteiger partial charge on any atom is 0.251 e. The molecule has 0 aliphatic heterocycles. The quantitative estimate of drug-likeness (QED) is 0.854. The SMILES string of the molecule is Cc1cccc(C(=O)N[C@H](c2n[nH]c(=S)n2C)C(C)C)c1. The van der Waals surface area contributed by atoms with Crippen LogP contribution in [0.15, 0.2) is 24.3 Å². The third kappa shape index (κ3) is 3.39. The molecule has 21 heavy (non-hydrogen) atoms. The molecule has 2 aromatic rings. The summed E-state index contributed by atoms with van der Waals surface area (Å²) in [5.41, 5.74) is 1.71. The van der Waals surface area contributed by atoms with E-state index in [4.69, 9.17) is 12.2 Å². The van der Waals surface area contributed by atoms with Crippen molar-refractivity contribution in [2.45, 2.75) is 26.8 Å². The van der Waals surface area contributed by atoms with Crippen LogP contribution >= 0.6 is 12.2 Å². The Bertz CT molecular complexity index is 702. The lowest BCUT2D eigenvalue weighted by Crippen LogP contribution is -2.33. The highest BCUT2D eigenvalue weighted by atomic mass is 32.1. The fourth-order valence-corrected chi connectivity index (χ4v) is 2.32. The van der Waals surface area contributed by atoms with Gasteiger partial charge in [0.25, 0.3) is 5.91 Å². The van der Waals surface area contributed by atoms with Crippen LogP contribution in [-0.2, 0) is 7.05 Å². The molecule has 0 saturated heterocycles. The summed E-state index contributed by atoms with van der Waals surface area (Å²) in [5.74, 6) is 0.824. The number of carbonyl (C=O) groups excluding carboxylic acids is 1. The van der Waals surface area contributed by atoms with Crippen molar-refractivity contribution in [1.82, 2.24) is 20.1 Å². The fourth-order valence-electron chi connectivity index (χ4n) is 2.18. The molecule has 5 nitrogen and oxygen atoms in total. The molecule has 6 heteroatoms. The Labute approximate surface area is 129 Å². The maximum absolute atomic E-state index is 12.4. The number of H-pyrrole nitrogens is 1. The molecule has 112 valence electrons. The van der Waals surface area contributed by atoms with Gasteiger partial charge in [-0.1, -0.05) is 31.5 Å². The molecule has 1 aromatic carbocycles. The zero-order valence-corrected chi connectivity index (χ0v) is 13.5. The lowest BCUT2D eigenvalue weighted by Gasteiger charge is -2.21. The first-order chi connectivity index (χ1) is 9.90. The Hall–Kier alpha value is -1.95. The van der Waals surface area contributed by atoms with Crippen LogP contribution in [0.5, 0.6) is 0 Å². The minimum Gasteiger partial charge on any atom is -0.342 e. The van der Waals surface area contributed by atoms with Crippen molar-refractivity contribution in [3.63, 3.8) is 0 Å². The number of aromatic nitrogens is 3. The summed E-state index contributed by atoms with van der Waals surface area (Å²) in [5, 5.41) is 10.0. The van der Waals surface area contributed by atoms with Crippen LogP contribution in [0.4, 0.5) is 0 Å². The van der Waals surface area contributed by atoms with Crippen LogP contribution in [0.1, 0.15) is 41.6 Å². The Morgan fingerprint density at radius 1 is 1.43 bits per heavy atom. The van der Waals surface area contributed by atoms with E-state index in [0.29, 0.717) is 10.3 Å². The molecule has 0 saturated carbocycles. The summed E-state index contributed by atoms with van der Waals surface area (Å²) < 4.78 is 2.33. The molecule has 0 aliphatic carbocycles. The Morgan fingerprint density at radius 3 is 2.67 bits per heavy atom. The van der Waals surface area contributed by atoms with Crippen molar-refractivity contribution in [2.75, 3.05) is 0 Å². The summed E-state index contributed by atoms with van der Waals surface area (Å²) in [6.07, 6.45) is 0. The monoisotopic (exact) mass is 304 g/mol. The number of rotatable bonds is 4. The lowest BCUT2D eigenvalue weighted by molar-refractivity contribution is 0.0922. The number of aromatic amines is 1. The van der Waals surface area contributed by atoms with E-state index in [1.807, 2.05) is 52.1 Å². The summed E-state index contributed by atoms with van der Waals surface area (Å²) in [6.45, 7) is 6.05. The van der Waals surface area contributed by atoms with Gasteiger partial charge in [0.1, 0.15) is 0 Å². The molecule has 0 unspecified atom stereocenters. The number of amides is 1. The van der Waals surface area contributed by atoms with Crippen molar-refractivity contribution in [1.29, 1.82) is 0 Å². The van der Waals surface area contributed by atoms with E-state index in [0.717, 1.165) is 11.4 Å². The normalized spacial score (nSPS) is 12.4. The molecule has 0 spiro atoms. The first-order valence-electron chi connectivity index (χ1n) is 6.89. The largest absolute Gasteiger partial charge is 0.342 e. The highest BCUT2D eigenvalue weighted by molar-refractivity contribution is 7.71. The van der Waals surface area contributed by atoms with Crippen molar-refractivity contribution < 1.29 is 4.79 Å². The van der Waals surface area contributed by atoms with Gasteiger partial charge >= 0.3 is 0 Å². The number of carbonyl (C=O) groups is 1. The molecule has 1 aromatic heterocycles. The van der Waals surface area contributed by atoms with Crippen LogP contribution in [0, 0.1) is 17.6 Å². The van der Waals surface area contributed by atoms with Crippen molar-refractivity contribution >= 4 is 18.1 Å². The summed E-state index contributed by atoms with van der Waals surface area (Å²) in [7, 11) is 1.84. The number of aryl methyl sites for hydroxylation is 1. The van der Waals surface area contributed by atoms with Gasteiger partial charge in [-0.3, -0.25) is 9.89 Å². The highest BCUT2D eigenvalue weighted by Gasteiger charge is 2.23. The third-order valence-corrected chi connectivity index (χ3v) is 3.79. The average Bonchev–Trinajstić information content (AvgIpc) is 2.76. The smallest absolute Gasteiger partial charge is 0.251 e. The van der Waals surface area contributed by atoms with Gasteiger partial charge in [-0.05, 0) is 37.2 Å². The summed E-state index contributed by atoms with van der Waals surface area (Å²) >= 11 is 5.14. The minimum absolute atomic E-state index is 0.105. The second-order valence-electron chi connectivity index (χ2n) is 5.51. The Balaban J connectivity index is 2.27. The van der Waals surface area contributed by atoms with E-state index in [2.05, 4.69) is 15.5 Å². The van der Waals surface area contributed by atoms with Gasteiger partial charge in [0, 0.05) is 12.6 Å². The van der Waals surface area contributed by atoms with Crippen LogP contribution < -0.4 is 5.32 Å². The molecule has 1 amide bonds. The zero-order chi connectivity index (χ0) is 15.6. The molecule has 2 N–H and O–H groups in total. The molecule has 1 atom stereocenters. The predicted molar refractivity (Wildman–Crippen MR) is 84.6 cm³/mol. The second kappa shape index (κ2) is 6.22. The van der Waals surface area contributed by atoms with Crippen LogP contribution in [0.3, 0.4) is 0 Å². The number of nitrogens with one attached hydrogen (secondary N) is 2. The number of hydrogen-bond acceptors (Lipinski definition) is 3. The fraction of sp³-hybridized carbons (Fsp3) is 0.400. The molecular weight excluding hydrogens is 284 g/mol. The molecular formula is C15H20N4OS. The molecule has 0 fully saturated rings. The number of nitrogens with zero attached hydrogens (tertiary/aromatic N) is 2. The first kappa shape index (κ1) is 15.4. The van der Waals surface area contributed by atoms with Gasteiger partial charge in [0.05, 0.1) is 6.04 Å². The summed E-state index contributed by atoms with van der Waals surface area (Å²) in [4.78, 5) is 12.4. The predicted octanol–water partition coefficient (Wildman–Crippen LogP) is 2.91. The van der Waals surface area contributed by atoms with Gasteiger partial charge in [0.15, 0.2) is 10.6 Å². The van der Waals surface area contributed by atoms with E-state index in [1.54, 1.807) is 4.57 Å². The van der Waals surface area contributed by atoms with Crippen molar-refractivity contribution in [3.8, 4) is 0 Å². The van der Waals surface area contributed by atoms with Gasteiger partial charge in [0.2, 0.25) is 0 Å². The molecule has 2 rings (SSSR count). The molecule has 0 radical (unpaired) electrons. The van der Waals surface area contributed by atoms with Gasteiger partial charge in [-0.2, -0.15) is 5.10 Å². The lowest BCUT2D eigenvalue weighted by atomic mass is 10.0. The van der Waals surface area contributed by atoms with Gasteiger partial charge in [-0.25, -0.2) is 0 Å².